The number of nitrogens with zero attached hydrogens (tertiary/aromatic N) is 1. The van der Waals surface area contributed by atoms with E-state index in [0.717, 1.165) is 49.2 Å². The number of likely N-dealkylation sites (tertiary alicyclic amines) is 1. The molecule has 0 saturated carbocycles. The van der Waals surface area contributed by atoms with Gasteiger partial charge in [0.1, 0.15) is 17.7 Å². The first-order valence-corrected chi connectivity index (χ1v) is 9.67. The highest BCUT2D eigenvalue weighted by molar-refractivity contribution is 5.82. The first-order valence-electron chi connectivity index (χ1n) is 9.67. The average Bonchev–Trinajstić information content (AvgIpc) is 2.74. The molecule has 1 fully saturated rings. The molecule has 0 aromatic heterocycles. The molecule has 1 saturated heterocycles. The lowest BCUT2D eigenvalue weighted by Gasteiger charge is -2.29. The molecule has 2 aromatic rings. The Morgan fingerprint density at radius 3 is 2.00 bits per heavy atom. The van der Waals surface area contributed by atoms with E-state index in [1.54, 1.807) is 30.3 Å². The monoisotopic (exact) mass is 401 g/mol. The fourth-order valence-electron chi connectivity index (χ4n) is 3.39. The summed E-state index contributed by atoms with van der Waals surface area (Å²) in [6.45, 7) is 2.92. The maximum absolute atomic E-state index is 13.3. The Kier molecular flexibility index (Phi) is 7.49. The van der Waals surface area contributed by atoms with Gasteiger partial charge in [0, 0.05) is 25.7 Å². The highest BCUT2D eigenvalue weighted by Crippen LogP contribution is 2.27. The molecule has 0 radical (unpaired) electrons. The Balaban J connectivity index is 1.58. The number of benzene rings is 2. The van der Waals surface area contributed by atoms with Crippen LogP contribution in [0.2, 0.25) is 0 Å². The third-order valence-corrected chi connectivity index (χ3v) is 5.06. The quantitative estimate of drug-likeness (QED) is 0.513. The maximum Gasteiger partial charge on any atom is 0.330 e. The van der Waals surface area contributed by atoms with Crippen molar-refractivity contribution < 1.29 is 23.0 Å². The molecule has 0 bridgehead atoms. The SMILES string of the molecule is COC(=O)C=C1CCN(CCOC(c2ccc(F)cc2)c2ccc(F)cc2)CC1. The zero-order chi connectivity index (χ0) is 20.6. The molecule has 0 amide bonds. The van der Waals surface area contributed by atoms with Crippen LogP contribution in [0.5, 0.6) is 0 Å². The molecule has 0 atom stereocenters. The van der Waals surface area contributed by atoms with E-state index in [9.17, 15) is 13.6 Å². The number of carbonyl (C=O) groups excluding carboxylic acids is 1. The lowest BCUT2D eigenvalue weighted by atomic mass is 10.0. The highest BCUT2D eigenvalue weighted by atomic mass is 19.1. The van der Waals surface area contributed by atoms with Gasteiger partial charge < -0.3 is 14.4 Å². The number of rotatable bonds is 7. The molecule has 0 N–H and O–H groups in total. The van der Waals surface area contributed by atoms with Crippen LogP contribution in [0.15, 0.2) is 60.2 Å². The van der Waals surface area contributed by atoms with Crippen molar-refractivity contribution in [2.24, 2.45) is 0 Å². The van der Waals surface area contributed by atoms with Crippen LogP contribution in [0.3, 0.4) is 0 Å². The predicted octanol–water partition coefficient (Wildman–Crippen LogP) is 4.27. The Hall–Kier alpha value is -2.57. The van der Waals surface area contributed by atoms with Gasteiger partial charge in [0.2, 0.25) is 0 Å². The van der Waals surface area contributed by atoms with Gasteiger partial charge in [-0.2, -0.15) is 0 Å². The fraction of sp³-hybridized carbons (Fsp3) is 0.348. The normalized spacial score (nSPS) is 14.8. The largest absolute Gasteiger partial charge is 0.466 e. The van der Waals surface area contributed by atoms with Crippen LogP contribution >= 0.6 is 0 Å². The molecular weight excluding hydrogens is 376 g/mol. The van der Waals surface area contributed by atoms with Gasteiger partial charge in [0.15, 0.2) is 0 Å². The Labute approximate surface area is 169 Å². The van der Waals surface area contributed by atoms with Crippen molar-refractivity contribution in [1.82, 2.24) is 4.90 Å². The van der Waals surface area contributed by atoms with E-state index >= 15 is 0 Å². The van der Waals surface area contributed by atoms with Crippen molar-refractivity contribution in [1.29, 1.82) is 0 Å². The van der Waals surface area contributed by atoms with Gasteiger partial charge in [-0.15, -0.1) is 0 Å². The number of hydrogen-bond donors (Lipinski definition) is 0. The topological polar surface area (TPSA) is 38.8 Å². The van der Waals surface area contributed by atoms with Gasteiger partial charge in [-0.25, -0.2) is 13.6 Å². The fourth-order valence-corrected chi connectivity index (χ4v) is 3.39. The second kappa shape index (κ2) is 10.3. The van der Waals surface area contributed by atoms with Gasteiger partial charge >= 0.3 is 5.97 Å². The zero-order valence-electron chi connectivity index (χ0n) is 16.4. The number of esters is 1. The van der Waals surface area contributed by atoms with E-state index in [-0.39, 0.29) is 17.6 Å². The van der Waals surface area contributed by atoms with Crippen molar-refractivity contribution in [2.75, 3.05) is 33.4 Å². The summed E-state index contributed by atoms with van der Waals surface area (Å²) in [5.74, 6) is -0.926. The van der Waals surface area contributed by atoms with E-state index in [1.807, 2.05) is 0 Å². The Bertz CT molecular complexity index is 779. The highest BCUT2D eigenvalue weighted by Gasteiger charge is 2.18. The molecule has 1 aliphatic rings. The van der Waals surface area contributed by atoms with Crippen molar-refractivity contribution >= 4 is 5.97 Å². The number of methoxy groups -OCH3 is 1. The van der Waals surface area contributed by atoms with Crippen LogP contribution in [0.4, 0.5) is 8.78 Å². The third-order valence-electron chi connectivity index (χ3n) is 5.06. The second-order valence-electron chi connectivity index (χ2n) is 7.02. The van der Waals surface area contributed by atoms with Crippen LogP contribution in [-0.4, -0.2) is 44.2 Å². The summed E-state index contributed by atoms with van der Waals surface area (Å²) < 4.78 is 37.4. The number of hydrogen-bond acceptors (Lipinski definition) is 4. The first kappa shape index (κ1) is 21.1. The lowest BCUT2D eigenvalue weighted by molar-refractivity contribution is -0.134. The van der Waals surface area contributed by atoms with Crippen LogP contribution in [0, 0.1) is 11.6 Å². The minimum absolute atomic E-state index is 0.307. The molecule has 1 heterocycles. The number of halogens is 2. The number of piperidine rings is 1. The molecule has 154 valence electrons. The minimum atomic E-state index is -0.393. The van der Waals surface area contributed by atoms with Gasteiger partial charge in [0.25, 0.3) is 0 Å². The van der Waals surface area contributed by atoms with Crippen LogP contribution in [0.25, 0.3) is 0 Å². The molecule has 0 unspecified atom stereocenters. The van der Waals surface area contributed by atoms with E-state index in [0.29, 0.717) is 6.61 Å². The van der Waals surface area contributed by atoms with Crippen LogP contribution in [0.1, 0.15) is 30.1 Å². The average molecular weight is 401 g/mol. The van der Waals surface area contributed by atoms with Gasteiger partial charge in [-0.1, -0.05) is 29.8 Å². The summed E-state index contributed by atoms with van der Waals surface area (Å²) in [7, 11) is 1.38. The zero-order valence-corrected chi connectivity index (χ0v) is 16.4. The van der Waals surface area contributed by atoms with E-state index in [4.69, 9.17) is 4.74 Å². The van der Waals surface area contributed by atoms with Gasteiger partial charge in [-0.3, -0.25) is 0 Å². The molecule has 0 spiro atoms. The van der Waals surface area contributed by atoms with Gasteiger partial charge in [-0.05, 0) is 48.2 Å². The molecule has 2 aromatic carbocycles. The van der Waals surface area contributed by atoms with Crippen LogP contribution < -0.4 is 0 Å². The third kappa shape index (κ3) is 6.21. The minimum Gasteiger partial charge on any atom is -0.466 e. The summed E-state index contributed by atoms with van der Waals surface area (Å²) in [6.07, 6.45) is 2.84. The Morgan fingerprint density at radius 1 is 1.00 bits per heavy atom. The predicted molar refractivity (Wildman–Crippen MR) is 106 cm³/mol. The van der Waals surface area contributed by atoms with Crippen molar-refractivity contribution in [3.63, 3.8) is 0 Å². The maximum atomic E-state index is 13.3. The van der Waals surface area contributed by atoms with Gasteiger partial charge in [0.05, 0.1) is 13.7 Å². The van der Waals surface area contributed by atoms with E-state index in [1.165, 1.54) is 31.4 Å². The first-order chi connectivity index (χ1) is 14.0. The van der Waals surface area contributed by atoms with Crippen molar-refractivity contribution in [3.05, 3.63) is 82.9 Å². The van der Waals surface area contributed by atoms with Crippen molar-refractivity contribution in [3.8, 4) is 0 Å². The van der Waals surface area contributed by atoms with E-state index in [2.05, 4.69) is 9.64 Å². The summed E-state index contributed by atoms with van der Waals surface area (Å²) in [4.78, 5) is 13.6. The summed E-state index contributed by atoms with van der Waals surface area (Å²) in [6, 6.07) is 12.3. The molecule has 1 aliphatic heterocycles. The molecule has 4 nitrogen and oxygen atoms in total. The smallest absolute Gasteiger partial charge is 0.330 e. The molecule has 6 heteroatoms. The Morgan fingerprint density at radius 2 is 1.52 bits per heavy atom. The summed E-state index contributed by atoms with van der Waals surface area (Å²) in [5, 5.41) is 0. The molecule has 0 aliphatic carbocycles. The standard InChI is InChI=1S/C23H25F2NO3/c1-28-22(27)16-17-10-12-26(13-11-17)14-15-29-23(18-2-6-20(24)7-3-18)19-4-8-21(25)9-5-19/h2-9,16,23H,10-15H2,1H3. The number of carbonyl (C=O) groups is 1. The van der Waals surface area contributed by atoms with Crippen LogP contribution in [-0.2, 0) is 14.3 Å². The van der Waals surface area contributed by atoms with E-state index < -0.39 is 6.10 Å². The summed E-state index contributed by atoms with van der Waals surface area (Å²) >= 11 is 0. The molecule has 29 heavy (non-hydrogen) atoms. The second-order valence-corrected chi connectivity index (χ2v) is 7.02. The summed E-state index contributed by atoms with van der Waals surface area (Å²) in [5.41, 5.74) is 2.74. The number of ether oxygens (including phenoxy) is 2. The molecule has 3 rings (SSSR count). The molecular formula is C23H25F2NO3. The lowest BCUT2D eigenvalue weighted by Crippen LogP contribution is -2.34. The van der Waals surface area contributed by atoms with Crippen molar-refractivity contribution in [2.45, 2.75) is 18.9 Å².